The Morgan fingerprint density at radius 2 is 2.07 bits per heavy atom. The zero-order chi connectivity index (χ0) is 18.6. The van der Waals surface area contributed by atoms with Gasteiger partial charge in [0.1, 0.15) is 17.5 Å². The van der Waals surface area contributed by atoms with Crippen molar-refractivity contribution in [1.82, 2.24) is 20.0 Å². The van der Waals surface area contributed by atoms with E-state index in [9.17, 15) is 4.79 Å². The number of nitrogens with zero attached hydrogens (tertiary/aromatic N) is 4. The van der Waals surface area contributed by atoms with E-state index in [1.165, 1.54) is 0 Å². The van der Waals surface area contributed by atoms with Crippen molar-refractivity contribution in [3.63, 3.8) is 0 Å². The van der Waals surface area contributed by atoms with Gasteiger partial charge in [0.05, 0.1) is 7.11 Å². The summed E-state index contributed by atoms with van der Waals surface area (Å²) in [6.45, 7) is 0.590. The van der Waals surface area contributed by atoms with Crippen LogP contribution in [0, 0.1) is 0 Å². The molecule has 0 radical (unpaired) electrons. The number of rotatable bonds is 6. The number of ether oxygens (including phenoxy) is 2. The Bertz CT molecular complexity index is 911. The minimum absolute atomic E-state index is 0.0492. The van der Waals surface area contributed by atoms with Gasteiger partial charge in [-0.2, -0.15) is 4.98 Å². The van der Waals surface area contributed by atoms with E-state index in [1.54, 1.807) is 54.7 Å². The van der Waals surface area contributed by atoms with Crippen LogP contribution in [0.5, 0.6) is 11.5 Å². The fourth-order valence-corrected chi connectivity index (χ4v) is 2.83. The summed E-state index contributed by atoms with van der Waals surface area (Å²) in [4.78, 5) is 22.6. The lowest BCUT2D eigenvalue weighted by molar-refractivity contribution is -0.142. The van der Waals surface area contributed by atoms with Crippen molar-refractivity contribution >= 4 is 5.91 Å². The number of pyridine rings is 1. The molecule has 4 rings (SSSR count). The monoisotopic (exact) mass is 366 g/mol. The van der Waals surface area contributed by atoms with E-state index in [1.807, 2.05) is 6.07 Å². The molecule has 1 fully saturated rings. The number of carbonyl (C=O) groups excluding carboxylic acids is 1. The standard InChI is InChI=1S/C19H18N4O4/c1-25-14-4-6-15(7-5-14)26-12-17(24)23-10-8-16(23)19-21-18(22-27-19)13-3-2-9-20-11-13/h2-7,9,11,16H,8,10,12H2,1H3/t16-/m1/s1. The van der Waals surface area contributed by atoms with Crippen LogP contribution in [-0.2, 0) is 4.79 Å². The molecule has 2 aromatic heterocycles. The topological polar surface area (TPSA) is 90.6 Å². The summed E-state index contributed by atoms with van der Waals surface area (Å²) >= 11 is 0. The second kappa shape index (κ2) is 7.45. The van der Waals surface area contributed by atoms with E-state index in [2.05, 4.69) is 15.1 Å². The molecule has 27 heavy (non-hydrogen) atoms. The highest BCUT2D eigenvalue weighted by molar-refractivity contribution is 5.79. The summed E-state index contributed by atoms with van der Waals surface area (Å²) in [5.41, 5.74) is 0.771. The Morgan fingerprint density at radius 3 is 2.74 bits per heavy atom. The summed E-state index contributed by atoms with van der Waals surface area (Å²) in [5, 5.41) is 3.99. The summed E-state index contributed by atoms with van der Waals surface area (Å²) in [6.07, 6.45) is 4.13. The minimum Gasteiger partial charge on any atom is -0.497 e. The molecule has 1 saturated heterocycles. The molecule has 1 amide bonds. The zero-order valence-electron chi connectivity index (χ0n) is 14.7. The Morgan fingerprint density at radius 1 is 1.26 bits per heavy atom. The predicted molar refractivity (Wildman–Crippen MR) is 95.1 cm³/mol. The Balaban J connectivity index is 1.37. The first-order valence-corrected chi connectivity index (χ1v) is 8.55. The Kier molecular flexibility index (Phi) is 4.69. The first-order valence-electron chi connectivity index (χ1n) is 8.55. The lowest BCUT2D eigenvalue weighted by Crippen LogP contribution is -2.47. The normalized spacial score (nSPS) is 15.9. The first-order chi connectivity index (χ1) is 13.2. The smallest absolute Gasteiger partial charge is 0.261 e. The molecule has 0 spiro atoms. The molecule has 1 aliphatic rings. The van der Waals surface area contributed by atoms with Crippen molar-refractivity contribution in [2.75, 3.05) is 20.3 Å². The number of hydrogen-bond donors (Lipinski definition) is 0. The number of amides is 1. The average Bonchev–Trinajstić information content (AvgIpc) is 3.16. The van der Waals surface area contributed by atoms with Gasteiger partial charge in [0, 0.05) is 24.5 Å². The largest absolute Gasteiger partial charge is 0.497 e. The third-order valence-corrected chi connectivity index (χ3v) is 4.41. The van der Waals surface area contributed by atoms with Crippen LogP contribution in [0.15, 0.2) is 53.3 Å². The van der Waals surface area contributed by atoms with Crippen molar-refractivity contribution in [2.24, 2.45) is 0 Å². The van der Waals surface area contributed by atoms with Gasteiger partial charge in [0.2, 0.25) is 11.7 Å². The fraction of sp³-hybridized carbons (Fsp3) is 0.263. The van der Waals surface area contributed by atoms with Gasteiger partial charge >= 0.3 is 0 Å². The van der Waals surface area contributed by atoms with E-state index in [0.717, 1.165) is 17.7 Å². The van der Waals surface area contributed by atoms with Gasteiger partial charge < -0.3 is 18.9 Å². The molecular weight excluding hydrogens is 348 g/mol. The number of hydrogen-bond acceptors (Lipinski definition) is 7. The van der Waals surface area contributed by atoms with Crippen LogP contribution in [0.25, 0.3) is 11.4 Å². The number of likely N-dealkylation sites (tertiary alicyclic amines) is 1. The van der Waals surface area contributed by atoms with Crippen LogP contribution < -0.4 is 9.47 Å². The maximum Gasteiger partial charge on any atom is 0.261 e. The molecule has 8 heteroatoms. The van der Waals surface area contributed by atoms with Gasteiger partial charge in [-0.15, -0.1) is 0 Å². The van der Waals surface area contributed by atoms with Gasteiger partial charge in [-0.25, -0.2) is 0 Å². The molecule has 1 atom stereocenters. The van der Waals surface area contributed by atoms with Gasteiger partial charge in [-0.1, -0.05) is 5.16 Å². The van der Waals surface area contributed by atoms with Crippen molar-refractivity contribution < 1.29 is 18.8 Å². The van der Waals surface area contributed by atoms with E-state index >= 15 is 0 Å². The lowest BCUT2D eigenvalue weighted by atomic mass is 10.0. The molecule has 8 nitrogen and oxygen atoms in total. The van der Waals surface area contributed by atoms with Crippen LogP contribution in [0.3, 0.4) is 0 Å². The quantitative estimate of drug-likeness (QED) is 0.662. The molecule has 0 N–H and O–H groups in total. The third kappa shape index (κ3) is 3.59. The summed E-state index contributed by atoms with van der Waals surface area (Å²) in [6, 6.07) is 10.5. The van der Waals surface area contributed by atoms with E-state index in [0.29, 0.717) is 24.0 Å². The maximum absolute atomic E-state index is 12.5. The van der Waals surface area contributed by atoms with Crippen LogP contribution in [0.4, 0.5) is 0 Å². The second-order valence-electron chi connectivity index (χ2n) is 6.05. The molecule has 0 aliphatic carbocycles. The van der Waals surface area contributed by atoms with Crippen molar-refractivity contribution in [3.8, 4) is 22.9 Å². The summed E-state index contributed by atoms with van der Waals surface area (Å²) in [7, 11) is 1.60. The molecule has 0 saturated carbocycles. The highest BCUT2D eigenvalue weighted by Crippen LogP contribution is 2.33. The van der Waals surface area contributed by atoms with Gasteiger partial charge in [-0.3, -0.25) is 9.78 Å². The van der Waals surface area contributed by atoms with Gasteiger partial charge in [-0.05, 0) is 42.8 Å². The summed E-state index contributed by atoms with van der Waals surface area (Å²) in [5.74, 6) is 2.11. The molecule has 0 bridgehead atoms. The van der Waals surface area contributed by atoms with E-state index in [4.69, 9.17) is 14.0 Å². The first kappa shape index (κ1) is 17.0. The number of aromatic nitrogens is 3. The highest BCUT2D eigenvalue weighted by Gasteiger charge is 2.37. The second-order valence-corrected chi connectivity index (χ2v) is 6.05. The van der Waals surface area contributed by atoms with E-state index in [-0.39, 0.29) is 18.6 Å². The van der Waals surface area contributed by atoms with Crippen molar-refractivity contribution in [1.29, 1.82) is 0 Å². The van der Waals surface area contributed by atoms with Crippen LogP contribution in [-0.4, -0.2) is 46.2 Å². The van der Waals surface area contributed by atoms with E-state index < -0.39 is 0 Å². The average molecular weight is 366 g/mol. The Hall–Kier alpha value is -3.42. The predicted octanol–water partition coefficient (Wildman–Crippen LogP) is 2.49. The maximum atomic E-state index is 12.5. The number of carbonyl (C=O) groups is 1. The summed E-state index contributed by atoms with van der Waals surface area (Å²) < 4.78 is 16.0. The SMILES string of the molecule is COc1ccc(OCC(=O)N2CC[C@@H]2c2nc(-c3cccnc3)no2)cc1. The van der Waals surface area contributed by atoms with Crippen molar-refractivity contribution in [3.05, 3.63) is 54.7 Å². The lowest BCUT2D eigenvalue weighted by Gasteiger charge is -2.38. The molecule has 1 aliphatic heterocycles. The zero-order valence-corrected chi connectivity index (χ0v) is 14.7. The highest BCUT2D eigenvalue weighted by atomic mass is 16.5. The third-order valence-electron chi connectivity index (χ3n) is 4.41. The van der Waals surface area contributed by atoms with Crippen molar-refractivity contribution in [2.45, 2.75) is 12.5 Å². The molecule has 138 valence electrons. The Labute approximate surface area is 155 Å². The molecule has 0 unspecified atom stereocenters. The van der Waals surface area contributed by atoms with Crippen LogP contribution in [0.1, 0.15) is 18.4 Å². The fourth-order valence-electron chi connectivity index (χ4n) is 2.83. The minimum atomic E-state index is -0.213. The number of benzene rings is 1. The van der Waals surface area contributed by atoms with Gasteiger partial charge in [0.15, 0.2) is 6.61 Å². The van der Waals surface area contributed by atoms with Gasteiger partial charge in [0.25, 0.3) is 5.91 Å². The molecule has 1 aromatic carbocycles. The van der Waals surface area contributed by atoms with Crippen LogP contribution in [0.2, 0.25) is 0 Å². The molecule has 3 aromatic rings. The molecule has 3 heterocycles. The molecular formula is C19H18N4O4. The number of methoxy groups -OCH3 is 1. The van der Waals surface area contributed by atoms with Crippen LogP contribution >= 0.6 is 0 Å².